The van der Waals surface area contributed by atoms with Crippen molar-refractivity contribution in [1.82, 2.24) is 5.32 Å². The molecule has 6 heteroatoms. The molecule has 6 nitrogen and oxygen atoms in total. The van der Waals surface area contributed by atoms with Crippen LogP contribution in [0.5, 0.6) is 0 Å². The van der Waals surface area contributed by atoms with Gasteiger partial charge in [0.2, 0.25) is 5.91 Å². The summed E-state index contributed by atoms with van der Waals surface area (Å²) in [4.78, 5) is 24.5. The smallest absolute Gasteiger partial charge is 0.305 e. The van der Waals surface area contributed by atoms with Crippen molar-refractivity contribution in [2.45, 2.75) is 360 Å². The Morgan fingerprint density at radius 1 is 0.386 bits per heavy atom. The van der Waals surface area contributed by atoms with Crippen LogP contribution in [0, 0.1) is 0 Å². The van der Waals surface area contributed by atoms with Crippen molar-refractivity contribution < 1.29 is 24.5 Å². The number of rotatable bonds is 59. The van der Waals surface area contributed by atoms with E-state index in [4.69, 9.17) is 4.74 Å². The van der Waals surface area contributed by atoms with Crippen LogP contribution in [-0.2, 0) is 14.3 Å². The number of allylic oxidation sites excluding steroid dienone is 4. The second-order valence-corrected chi connectivity index (χ2v) is 21.7. The number of carbonyl (C=O) groups excluding carboxylic acids is 2. The third kappa shape index (κ3) is 55.7. The van der Waals surface area contributed by atoms with Crippen molar-refractivity contribution in [1.29, 1.82) is 0 Å². The van der Waals surface area contributed by atoms with Crippen LogP contribution in [0.2, 0.25) is 0 Å². The molecule has 0 spiro atoms. The maximum Gasteiger partial charge on any atom is 0.305 e. The van der Waals surface area contributed by atoms with Gasteiger partial charge < -0.3 is 20.3 Å². The standard InChI is InChI=1S/C64H123NO5/c1-3-5-7-9-11-13-15-16-17-18-24-27-30-33-37-40-44-48-52-56-62(67)61(60-66)65-63(68)57-53-49-45-41-38-34-31-28-25-22-20-19-21-23-26-29-32-35-39-43-47-51-55-59-70-64(69)58-54-50-46-42-36-14-12-10-8-6-4-2/h10,12,22,25,61-62,66-67H,3-9,11,13-21,23-24,26-60H2,1-2H3,(H,65,68)/b12-10-,25-22-. The van der Waals surface area contributed by atoms with Crippen LogP contribution in [0.15, 0.2) is 24.3 Å². The van der Waals surface area contributed by atoms with Crippen molar-refractivity contribution in [3.8, 4) is 0 Å². The van der Waals surface area contributed by atoms with Crippen LogP contribution in [-0.4, -0.2) is 47.4 Å². The highest BCUT2D eigenvalue weighted by molar-refractivity contribution is 5.76. The summed E-state index contributed by atoms with van der Waals surface area (Å²) in [5.74, 6) is -0.0375. The van der Waals surface area contributed by atoms with Crippen molar-refractivity contribution in [2.75, 3.05) is 13.2 Å². The summed E-state index contributed by atoms with van der Waals surface area (Å²) < 4.78 is 5.46. The molecule has 2 atom stereocenters. The number of nitrogens with one attached hydrogen (secondary N) is 1. The van der Waals surface area contributed by atoms with Crippen LogP contribution in [0.4, 0.5) is 0 Å². The maximum atomic E-state index is 12.5. The molecule has 0 saturated heterocycles. The number of aliphatic hydroxyl groups is 2. The Hall–Kier alpha value is -1.66. The van der Waals surface area contributed by atoms with E-state index < -0.39 is 12.1 Å². The minimum Gasteiger partial charge on any atom is -0.466 e. The lowest BCUT2D eigenvalue weighted by Crippen LogP contribution is -2.45. The molecule has 0 aromatic rings. The van der Waals surface area contributed by atoms with E-state index in [1.165, 1.54) is 270 Å². The van der Waals surface area contributed by atoms with Gasteiger partial charge in [0.25, 0.3) is 0 Å². The molecule has 0 aliphatic rings. The number of unbranched alkanes of at least 4 members (excludes halogenated alkanes) is 44. The van der Waals surface area contributed by atoms with Crippen LogP contribution < -0.4 is 5.32 Å². The van der Waals surface area contributed by atoms with Crippen LogP contribution >= 0.6 is 0 Å². The van der Waals surface area contributed by atoms with Gasteiger partial charge in [0.1, 0.15) is 0 Å². The molecular weight excluding hydrogens is 863 g/mol. The molecular formula is C64H123NO5. The maximum absolute atomic E-state index is 12.5. The normalized spacial score (nSPS) is 12.7. The quantitative estimate of drug-likeness (QED) is 0.0321. The van der Waals surface area contributed by atoms with E-state index in [0.717, 1.165) is 44.9 Å². The predicted octanol–water partition coefficient (Wildman–Crippen LogP) is 19.8. The molecule has 0 heterocycles. The molecule has 0 fully saturated rings. The summed E-state index contributed by atoms with van der Waals surface area (Å²) in [7, 11) is 0. The predicted molar refractivity (Wildman–Crippen MR) is 306 cm³/mol. The van der Waals surface area contributed by atoms with Gasteiger partial charge in [-0.05, 0) is 70.6 Å². The highest BCUT2D eigenvalue weighted by Crippen LogP contribution is 2.18. The second-order valence-electron chi connectivity index (χ2n) is 21.7. The van der Waals surface area contributed by atoms with E-state index in [2.05, 4.69) is 43.5 Å². The van der Waals surface area contributed by atoms with Gasteiger partial charge in [0.15, 0.2) is 0 Å². The summed E-state index contributed by atoms with van der Waals surface area (Å²) in [6.45, 7) is 4.93. The number of hydrogen-bond donors (Lipinski definition) is 3. The van der Waals surface area contributed by atoms with E-state index >= 15 is 0 Å². The van der Waals surface area contributed by atoms with Gasteiger partial charge in [-0.2, -0.15) is 0 Å². The first-order valence-corrected chi connectivity index (χ1v) is 31.6. The van der Waals surface area contributed by atoms with E-state index in [1.807, 2.05) is 0 Å². The van der Waals surface area contributed by atoms with Gasteiger partial charge in [0, 0.05) is 12.8 Å². The lowest BCUT2D eigenvalue weighted by Gasteiger charge is -2.22. The largest absolute Gasteiger partial charge is 0.466 e. The number of ether oxygens (including phenoxy) is 1. The zero-order valence-electron chi connectivity index (χ0n) is 47.3. The molecule has 2 unspecified atom stereocenters. The van der Waals surface area contributed by atoms with Gasteiger partial charge in [0.05, 0.1) is 25.4 Å². The number of esters is 1. The van der Waals surface area contributed by atoms with Crippen molar-refractivity contribution in [3.05, 3.63) is 24.3 Å². The first-order valence-electron chi connectivity index (χ1n) is 31.6. The SMILES string of the molecule is CCCC/C=C\CCCCCCCC(=O)OCCCCCCCCCCCCCC/C=C\CCCCCCCCCC(=O)NC(CO)C(O)CCCCCCCCCCCCCCCCCCCCC. The monoisotopic (exact) mass is 986 g/mol. The highest BCUT2D eigenvalue weighted by Gasteiger charge is 2.20. The lowest BCUT2D eigenvalue weighted by molar-refractivity contribution is -0.143. The molecule has 0 rings (SSSR count). The Bertz CT molecular complexity index is 1090. The first-order chi connectivity index (χ1) is 34.5. The van der Waals surface area contributed by atoms with E-state index in [1.54, 1.807) is 0 Å². The van der Waals surface area contributed by atoms with Gasteiger partial charge >= 0.3 is 5.97 Å². The number of aliphatic hydroxyl groups excluding tert-OH is 2. The van der Waals surface area contributed by atoms with E-state index in [-0.39, 0.29) is 18.5 Å². The van der Waals surface area contributed by atoms with Gasteiger partial charge in [-0.3, -0.25) is 9.59 Å². The average Bonchev–Trinajstić information content (AvgIpc) is 3.36. The third-order valence-corrected chi connectivity index (χ3v) is 14.7. The number of hydrogen-bond acceptors (Lipinski definition) is 5. The lowest BCUT2D eigenvalue weighted by atomic mass is 10.0. The Morgan fingerprint density at radius 3 is 1.06 bits per heavy atom. The molecule has 0 saturated carbocycles. The summed E-state index contributed by atoms with van der Waals surface area (Å²) in [5, 5.41) is 23.4. The highest BCUT2D eigenvalue weighted by atomic mass is 16.5. The first kappa shape index (κ1) is 68.3. The number of carbonyl (C=O) groups is 2. The molecule has 0 bridgehead atoms. The van der Waals surface area contributed by atoms with Crippen LogP contribution in [0.3, 0.4) is 0 Å². The van der Waals surface area contributed by atoms with Gasteiger partial charge in [-0.1, -0.05) is 289 Å². The summed E-state index contributed by atoms with van der Waals surface area (Å²) in [5.41, 5.74) is 0. The van der Waals surface area contributed by atoms with Crippen molar-refractivity contribution in [3.63, 3.8) is 0 Å². The minimum atomic E-state index is -0.669. The zero-order chi connectivity index (χ0) is 50.7. The molecule has 414 valence electrons. The van der Waals surface area contributed by atoms with E-state index in [0.29, 0.717) is 25.9 Å². The van der Waals surface area contributed by atoms with Crippen molar-refractivity contribution >= 4 is 11.9 Å². The Kier molecular flexibility index (Phi) is 58.5. The minimum absolute atomic E-state index is 0.000790. The molecule has 1 amide bonds. The van der Waals surface area contributed by atoms with E-state index in [9.17, 15) is 19.8 Å². The second kappa shape index (κ2) is 59.9. The van der Waals surface area contributed by atoms with Gasteiger partial charge in [-0.25, -0.2) is 0 Å². The Morgan fingerprint density at radius 2 is 0.686 bits per heavy atom. The van der Waals surface area contributed by atoms with Crippen LogP contribution in [0.25, 0.3) is 0 Å². The summed E-state index contributed by atoms with van der Waals surface area (Å²) >= 11 is 0. The Labute approximate surface area is 437 Å². The fourth-order valence-corrected chi connectivity index (χ4v) is 9.85. The van der Waals surface area contributed by atoms with Crippen molar-refractivity contribution in [2.24, 2.45) is 0 Å². The molecule has 0 aliphatic heterocycles. The summed E-state index contributed by atoms with van der Waals surface area (Å²) in [6.07, 6.45) is 73.3. The molecule has 3 N–H and O–H groups in total. The fraction of sp³-hybridized carbons (Fsp3) is 0.906. The fourth-order valence-electron chi connectivity index (χ4n) is 9.85. The topological polar surface area (TPSA) is 95.9 Å². The third-order valence-electron chi connectivity index (χ3n) is 14.7. The number of amides is 1. The molecule has 70 heavy (non-hydrogen) atoms. The summed E-state index contributed by atoms with van der Waals surface area (Å²) in [6, 6.07) is -0.546. The zero-order valence-corrected chi connectivity index (χ0v) is 47.3. The van der Waals surface area contributed by atoms with Gasteiger partial charge in [-0.15, -0.1) is 0 Å². The molecule has 0 radical (unpaired) electrons. The molecule has 0 aliphatic carbocycles. The average molecular weight is 987 g/mol. The molecule has 0 aromatic heterocycles. The molecule has 0 aromatic carbocycles. The van der Waals surface area contributed by atoms with Crippen LogP contribution in [0.1, 0.15) is 348 Å². The Balaban J connectivity index is 3.42.